The number of thiophene rings is 1. The summed E-state index contributed by atoms with van der Waals surface area (Å²) < 4.78 is 15.7. The van der Waals surface area contributed by atoms with Crippen molar-refractivity contribution in [2.45, 2.75) is 26.8 Å². The predicted molar refractivity (Wildman–Crippen MR) is 116 cm³/mol. The Morgan fingerprint density at radius 1 is 1.23 bits per heavy atom. The lowest BCUT2D eigenvalue weighted by molar-refractivity contribution is -0.124. The normalized spacial score (nSPS) is 11.8. The second-order valence-electron chi connectivity index (χ2n) is 6.86. The lowest BCUT2D eigenvalue weighted by atomic mass is 10.1. The molecule has 0 radical (unpaired) electrons. The van der Waals surface area contributed by atoms with Crippen LogP contribution in [0.5, 0.6) is 11.5 Å². The summed E-state index contributed by atoms with van der Waals surface area (Å²) in [7, 11) is 3.09. The van der Waals surface area contributed by atoms with Gasteiger partial charge in [-0.3, -0.25) is 9.59 Å². The third kappa shape index (κ3) is 4.69. The van der Waals surface area contributed by atoms with Gasteiger partial charge in [0.05, 0.1) is 25.6 Å². The van der Waals surface area contributed by atoms with Crippen LogP contribution in [0, 0.1) is 13.8 Å². The lowest BCUT2D eigenvalue weighted by Crippen LogP contribution is -2.31. The summed E-state index contributed by atoms with van der Waals surface area (Å²) in [4.78, 5) is 44.6. The van der Waals surface area contributed by atoms with E-state index in [1.807, 2.05) is 0 Å². The molecular weight excluding hydrogens is 422 g/mol. The molecule has 164 valence electrons. The first kappa shape index (κ1) is 22.3. The van der Waals surface area contributed by atoms with Crippen molar-refractivity contribution in [1.82, 2.24) is 15.3 Å². The second kappa shape index (κ2) is 9.17. The van der Waals surface area contributed by atoms with Crippen molar-refractivity contribution in [1.29, 1.82) is 0 Å². The molecule has 0 aliphatic rings. The van der Waals surface area contributed by atoms with Gasteiger partial charge in [-0.15, -0.1) is 11.3 Å². The molecule has 0 unspecified atom stereocenters. The Kier molecular flexibility index (Phi) is 6.59. The summed E-state index contributed by atoms with van der Waals surface area (Å²) in [5.74, 6) is 0.525. The van der Waals surface area contributed by atoms with Gasteiger partial charge in [-0.05, 0) is 44.5 Å². The molecule has 1 aromatic carbocycles. The summed E-state index contributed by atoms with van der Waals surface area (Å²) in [6, 6.07) is 4.86. The maximum absolute atomic E-state index is 12.5. The highest BCUT2D eigenvalue weighted by atomic mass is 32.1. The number of H-pyrrole nitrogens is 1. The molecule has 2 aromatic heterocycles. The zero-order valence-corrected chi connectivity index (χ0v) is 18.6. The monoisotopic (exact) mass is 445 g/mol. The Morgan fingerprint density at radius 2 is 1.97 bits per heavy atom. The van der Waals surface area contributed by atoms with Gasteiger partial charge in [-0.25, -0.2) is 9.78 Å². The number of esters is 1. The second-order valence-corrected chi connectivity index (χ2v) is 7.86. The van der Waals surface area contributed by atoms with E-state index in [-0.39, 0.29) is 10.4 Å². The number of hydrogen-bond acceptors (Lipinski definition) is 8. The Balaban J connectivity index is 1.68. The van der Waals surface area contributed by atoms with Gasteiger partial charge in [0.1, 0.15) is 27.0 Å². The first-order chi connectivity index (χ1) is 14.7. The van der Waals surface area contributed by atoms with Crippen molar-refractivity contribution < 1.29 is 23.8 Å². The number of carbonyl (C=O) groups excluding carboxylic acids is 2. The minimum absolute atomic E-state index is 0.244. The van der Waals surface area contributed by atoms with Gasteiger partial charge >= 0.3 is 5.97 Å². The van der Waals surface area contributed by atoms with Gasteiger partial charge in [-0.2, -0.15) is 0 Å². The van der Waals surface area contributed by atoms with Crippen LogP contribution >= 0.6 is 11.3 Å². The molecule has 2 heterocycles. The molecule has 1 amide bonds. The van der Waals surface area contributed by atoms with Gasteiger partial charge in [0, 0.05) is 5.56 Å². The highest BCUT2D eigenvalue weighted by Crippen LogP contribution is 2.29. The third-order valence-electron chi connectivity index (χ3n) is 4.72. The van der Waals surface area contributed by atoms with E-state index in [1.54, 1.807) is 46.1 Å². The number of aromatic amines is 1. The van der Waals surface area contributed by atoms with E-state index in [0.29, 0.717) is 33.1 Å². The number of aryl methyl sites for hydroxylation is 2. The largest absolute Gasteiger partial charge is 0.497 e. The van der Waals surface area contributed by atoms with Gasteiger partial charge < -0.3 is 24.5 Å². The number of nitrogens with zero attached hydrogens (tertiary/aromatic N) is 1. The number of carbonyl (C=O) groups is 2. The molecule has 9 nitrogen and oxygen atoms in total. The van der Waals surface area contributed by atoms with Crippen LogP contribution in [-0.2, 0) is 9.53 Å². The molecule has 0 spiro atoms. The molecular formula is C21H23N3O6S. The lowest BCUT2D eigenvalue weighted by Gasteiger charge is -2.18. The number of ether oxygens (including phenoxy) is 3. The number of nitrogens with one attached hydrogen (secondary N) is 2. The number of amides is 1. The van der Waals surface area contributed by atoms with Crippen LogP contribution in [0.15, 0.2) is 23.0 Å². The highest BCUT2D eigenvalue weighted by Gasteiger charge is 2.22. The summed E-state index contributed by atoms with van der Waals surface area (Å²) in [5.41, 5.74) is 0.894. The molecule has 3 aromatic rings. The quantitative estimate of drug-likeness (QED) is 0.537. The van der Waals surface area contributed by atoms with Crippen LogP contribution in [0.1, 0.15) is 39.6 Å². The van der Waals surface area contributed by atoms with Gasteiger partial charge in [-0.1, -0.05) is 0 Å². The summed E-state index contributed by atoms with van der Waals surface area (Å²) >= 11 is 1.06. The molecule has 31 heavy (non-hydrogen) atoms. The molecule has 0 saturated heterocycles. The van der Waals surface area contributed by atoms with Gasteiger partial charge in [0.25, 0.3) is 11.5 Å². The van der Waals surface area contributed by atoms with Crippen LogP contribution in [0.25, 0.3) is 10.2 Å². The topological polar surface area (TPSA) is 120 Å². The van der Waals surface area contributed by atoms with Crippen molar-refractivity contribution in [3.8, 4) is 11.5 Å². The van der Waals surface area contributed by atoms with Crippen LogP contribution in [-0.4, -0.2) is 42.7 Å². The molecule has 0 aliphatic carbocycles. The van der Waals surface area contributed by atoms with E-state index in [0.717, 1.165) is 16.9 Å². The third-order valence-corrected chi connectivity index (χ3v) is 5.89. The summed E-state index contributed by atoms with van der Waals surface area (Å²) in [6.45, 7) is 4.63. The van der Waals surface area contributed by atoms with Crippen LogP contribution in [0.2, 0.25) is 0 Å². The standard InChI is InChI=1S/C21H23N3O6S/c1-10-17-19(26)23-12(3)24-20(17)31-18(10)21(27)30-9-16(25)22-11(2)14-8-13(28-4)6-7-15(14)29-5/h6-8,11H,9H2,1-5H3,(H,22,25)(H,23,24,26)/t11-/m0/s1. The first-order valence-corrected chi connectivity index (χ1v) is 10.2. The van der Waals surface area contributed by atoms with Gasteiger partial charge in [0.2, 0.25) is 0 Å². The summed E-state index contributed by atoms with van der Waals surface area (Å²) in [5, 5.41) is 3.12. The fraction of sp³-hybridized carbons (Fsp3) is 0.333. The van der Waals surface area contributed by atoms with Gasteiger partial charge in [0.15, 0.2) is 6.61 Å². The zero-order valence-electron chi connectivity index (χ0n) is 17.8. The number of fused-ring (bicyclic) bond motifs is 1. The number of methoxy groups -OCH3 is 2. The molecule has 3 rings (SSSR count). The maximum Gasteiger partial charge on any atom is 0.349 e. The Morgan fingerprint density at radius 3 is 2.65 bits per heavy atom. The van der Waals surface area contributed by atoms with E-state index >= 15 is 0 Å². The minimum atomic E-state index is -0.681. The predicted octanol–water partition coefficient (Wildman–Crippen LogP) is 2.65. The molecule has 0 saturated carbocycles. The van der Waals surface area contributed by atoms with Crippen molar-refractivity contribution in [2.24, 2.45) is 0 Å². The zero-order chi connectivity index (χ0) is 22.7. The Labute approximate surface area is 182 Å². The number of rotatable bonds is 7. The van der Waals surface area contributed by atoms with Crippen LogP contribution in [0.4, 0.5) is 0 Å². The highest BCUT2D eigenvalue weighted by molar-refractivity contribution is 7.20. The number of hydrogen-bond donors (Lipinski definition) is 2. The van der Waals surface area contributed by atoms with Crippen molar-refractivity contribution in [3.63, 3.8) is 0 Å². The Bertz CT molecular complexity index is 1200. The Hall–Kier alpha value is -3.40. The first-order valence-electron chi connectivity index (χ1n) is 9.43. The van der Waals surface area contributed by atoms with Crippen molar-refractivity contribution in [2.75, 3.05) is 20.8 Å². The number of benzene rings is 1. The average Bonchev–Trinajstić information content (AvgIpc) is 3.07. The molecule has 0 fully saturated rings. The minimum Gasteiger partial charge on any atom is -0.497 e. The van der Waals surface area contributed by atoms with E-state index in [9.17, 15) is 14.4 Å². The maximum atomic E-state index is 12.5. The van der Waals surface area contributed by atoms with Crippen LogP contribution < -0.4 is 20.3 Å². The SMILES string of the molecule is COc1ccc(OC)c([C@H](C)NC(=O)COC(=O)c2sc3nc(C)[nH]c(=O)c3c2C)c1. The van der Waals surface area contributed by atoms with Crippen LogP contribution in [0.3, 0.4) is 0 Å². The molecule has 2 N–H and O–H groups in total. The van der Waals surface area contributed by atoms with E-state index in [1.165, 1.54) is 7.11 Å². The average molecular weight is 445 g/mol. The van der Waals surface area contributed by atoms with E-state index in [4.69, 9.17) is 14.2 Å². The molecule has 10 heteroatoms. The van der Waals surface area contributed by atoms with E-state index in [2.05, 4.69) is 15.3 Å². The molecule has 1 atom stereocenters. The fourth-order valence-electron chi connectivity index (χ4n) is 3.18. The van der Waals surface area contributed by atoms with Crippen molar-refractivity contribution in [3.05, 3.63) is 50.4 Å². The smallest absolute Gasteiger partial charge is 0.349 e. The number of aromatic nitrogens is 2. The molecule has 0 bridgehead atoms. The summed E-state index contributed by atoms with van der Waals surface area (Å²) in [6.07, 6.45) is 0. The fourth-order valence-corrected chi connectivity index (χ4v) is 4.30. The van der Waals surface area contributed by atoms with E-state index < -0.39 is 24.5 Å². The van der Waals surface area contributed by atoms with Crippen molar-refractivity contribution >= 4 is 33.4 Å². The molecule has 0 aliphatic heterocycles.